The minimum Gasteiger partial charge on any atom is -0.467 e. The maximum absolute atomic E-state index is 12.8. The molecule has 2 rings (SSSR count). The van der Waals surface area contributed by atoms with Crippen molar-refractivity contribution in [1.82, 2.24) is 4.31 Å². The standard InChI is InChI=1S/C12H14F3NO6S/c1-11(2)6-4-5-16(23(19,20)12(13,14)15)7(9(17)21-3)8(6)22-10(11)18/h4-8H,1-3H3. The van der Waals surface area contributed by atoms with Crippen LogP contribution in [-0.4, -0.2) is 49.4 Å². The molecule has 3 atom stereocenters. The SMILES string of the molecule is COC(=O)C1C2OC(=O)C(C)(C)C2C=CN1S(=O)(=O)C(F)(F)F. The van der Waals surface area contributed by atoms with Crippen LogP contribution in [0, 0.1) is 11.3 Å². The highest BCUT2D eigenvalue weighted by atomic mass is 32.2. The van der Waals surface area contributed by atoms with Gasteiger partial charge in [0.25, 0.3) is 0 Å². The van der Waals surface area contributed by atoms with E-state index < -0.39 is 50.9 Å². The minimum atomic E-state index is -5.84. The third kappa shape index (κ3) is 2.46. The van der Waals surface area contributed by atoms with Crippen LogP contribution >= 0.6 is 0 Å². The number of rotatable bonds is 2. The summed E-state index contributed by atoms with van der Waals surface area (Å²) in [4.78, 5) is 23.8. The molecule has 0 saturated carbocycles. The van der Waals surface area contributed by atoms with E-state index >= 15 is 0 Å². The highest BCUT2D eigenvalue weighted by Gasteiger charge is 2.62. The molecule has 3 unspecified atom stereocenters. The van der Waals surface area contributed by atoms with Gasteiger partial charge in [-0.25, -0.2) is 4.79 Å². The number of alkyl halides is 3. The van der Waals surface area contributed by atoms with Gasteiger partial charge >= 0.3 is 27.5 Å². The van der Waals surface area contributed by atoms with Gasteiger partial charge in [0.15, 0.2) is 6.04 Å². The van der Waals surface area contributed by atoms with E-state index in [0.717, 1.165) is 13.2 Å². The smallest absolute Gasteiger partial charge is 0.467 e. The maximum Gasteiger partial charge on any atom is 0.516 e. The lowest BCUT2D eigenvalue weighted by atomic mass is 9.75. The second kappa shape index (κ2) is 5.11. The summed E-state index contributed by atoms with van der Waals surface area (Å²) < 4.78 is 71.0. The molecule has 23 heavy (non-hydrogen) atoms. The monoisotopic (exact) mass is 357 g/mol. The van der Waals surface area contributed by atoms with Crippen molar-refractivity contribution < 1.29 is 40.7 Å². The fourth-order valence-corrected chi connectivity index (χ4v) is 3.60. The lowest BCUT2D eigenvalue weighted by molar-refractivity contribution is -0.155. The van der Waals surface area contributed by atoms with E-state index in [1.165, 1.54) is 13.8 Å². The molecule has 0 aromatic heterocycles. The molecule has 0 radical (unpaired) electrons. The van der Waals surface area contributed by atoms with Gasteiger partial charge in [0.2, 0.25) is 0 Å². The zero-order valence-electron chi connectivity index (χ0n) is 12.3. The van der Waals surface area contributed by atoms with Crippen LogP contribution in [0.3, 0.4) is 0 Å². The van der Waals surface area contributed by atoms with Crippen molar-refractivity contribution in [3.05, 3.63) is 12.3 Å². The Bertz CT molecular complexity index is 669. The fraction of sp³-hybridized carbons (Fsp3) is 0.667. The number of halogens is 3. The third-order valence-corrected chi connectivity index (χ3v) is 5.48. The molecule has 0 N–H and O–H groups in total. The molecule has 0 aromatic carbocycles. The highest BCUT2D eigenvalue weighted by Crippen LogP contribution is 2.46. The summed E-state index contributed by atoms with van der Waals surface area (Å²) in [5.74, 6) is -2.75. The van der Waals surface area contributed by atoms with Crippen LogP contribution in [-0.2, 0) is 29.1 Å². The topological polar surface area (TPSA) is 90.0 Å². The van der Waals surface area contributed by atoms with Crippen molar-refractivity contribution >= 4 is 22.0 Å². The van der Waals surface area contributed by atoms with Crippen molar-refractivity contribution in [3.8, 4) is 0 Å². The zero-order chi connectivity index (χ0) is 17.8. The molecule has 2 aliphatic heterocycles. The normalized spacial score (nSPS) is 29.9. The van der Waals surface area contributed by atoms with E-state index in [4.69, 9.17) is 4.74 Å². The van der Waals surface area contributed by atoms with Crippen LogP contribution in [0.2, 0.25) is 0 Å². The maximum atomic E-state index is 12.8. The van der Waals surface area contributed by atoms with Gasteiger partial charge in [-0.3, -0.25) is 9.10 Å². The summed E-state index contributed by atoms with van der Waals surface area (Å²) in [7, 11) is -4.94. The number of methoxy groups -OCH3 is 1. The van der Waals surface area contributed by atoms with Gasteiger partial charge in [0.1, 0.15) is 6.10 Å². The summed E-state index contributed by atoms with van der Waals surface area (Å²) in [5, 5.41) is 0. The second-order valence-electron chi connectivity index (χ2n) is 5.71. The van der Waals surface area contributed by atoms with Crippen LogP contribution in [0.15, 0.2) is 12.3 Å². The van der Waals surface area contributed by atoms with Gasteiger partial charge < -0.3 is 9.47 Å². The average molecular weight is 357 g/mol. The number of nitrogens with zero attached hydrogens (tertiary/aromatic N) is 1. The van der Waals surface area contributed by atoms with Gasteiger partial charge in [-0.1, -0.05) is 6.08 Å². The molecular weight excluding hydrogens is 343 g/mol. The Balaban J connectivity index is 2.57. The molecule has 7 nitrogen and oxygen atoms in total. The number of carbonyl (C=O) groups excluding carboxylic acids is 2. The minimum absolute atomic E-state index is 0.158. The Morgan fingerprint density at radius 3 is 2.43 bits per heavy atom. The van der Waals surface area contributed by atoms with E-state index in [2.05, 4.69) is 4.74 Å². The molecule has 0 bridgehead atoms. The Morgan fingerprint density at radius 2 is 1.96 bits per heavy atom. The Kier molecular flexibility index (Phi) is 3.91. The van der Waals surface area contributed by atoms with E-state index in [9.17, 15) is 31.2 Å². The Morgan fingerprint density at radius 1 is 1.39 bits per heavy atom. The Labute approximate surface area is 130 Å². The van der Waals surface area contributed by atoms with Crippen molar-refractivity contribution in [2.45, 2.75) is 31.5 Å². The predicted molar refractivity (Wildman–Crippen MR) is 68.9 cm³/mol. The van der Waals surface area contributed by atoms with Crippen LogP contribution in [0.25, 0.3) is 0 Å². The number of fused-ring (bicyclic) bond motifs is 1. The first-order chi connectivity index (χ1) is 10.4. The van der Waals surface area contributed by atoms with Gasteiger partial charge in [0, 0.05) is 12.1 Å². The summed E-state index contributed by atoms with van der Waals surface area (Å²) in [5.41, 5.74) is -6.73. The zero-order valence-corrected chi connectivity index (χ0v) is 13.1. The highest BCUT2D eigenvalue weighted by molar-refractivity contribution is 7.90. The third-order valence-electron chi connectivity index (χ3n) is 3.99. The Hall–Kier alpha value is -1.78. The van der Waals surface area contributed by atoms with Gasteiger partial charge in [-0.15, -0.1) is 0 Å². The number of hydrogen-bond acceptors (Lipinski definition) is 6. The van der Waals surface area contributed by atoms with Gasteiger partial charge in [-0.05, 0) is 13.8 Å². The first-order valence-electron chi connectivity index (χ1n) is 6.42. The molecule has 0 spiro atoms. The second-order valence-corrected chi connectivity index (χ2v) is 7.54. The van der Waals surface area contributed by atoms with E-state index in [0.29, 0.717) is 6.20 Å². The first-order valence-corrected chi connectivity index (χ1v) is 7.86. The molecule has 0 aromatic rings. The van der Waals surface area contributed by atoms with Crippen LogP contribution < -0.4 is 0 Å². The molecule has 1 saturated heterocycles. The fourth-order valence-electron chi connectivity index (χ4n) is 2.63. The largest absolute Gasteiger partial charge is 0.516 e. The molecule has 1 fully saturated rings. The molecule has 2 aliphatic rings. The van der Waals surface area contributed by atoms with Crippen molar-refractivity contribution in [2.75, 3.05) is 7.11 Å². The van der Waals surface area contributed by atoms with Gasteiger partial charge in [-0.2, -0.15) is 21.6 Å². The molecule has 11 heteroatoms. The number of hydrogen-bond donors (Lipinski definition) is 0. The lowest BCUT2D eigenvalue weighted by Gasteiger charge is -2.37. The number of ether oxygens (including phenoxy) is 2. The first kappa shape index (κ1) is 17.6. The van der Waals surface area contributed by atoms with Crippen molar-refractivity contribution in [1.29, 1.82) is 0 Å². The van der Waals surface area contributed by atoms with E-state index in [1.807, 2.05) is 0 Å². The summed E-state index contributed by atoms with van der Waals surface area (Å²) >= 11 is 0. The predicted octanol–water partition coefficient (Wildman–Crippen LogP) is 0.775. The quantitative estimate of drug-likeness (QED) is 0.679. The van der Waals surface area contributed by atoms with Crippen LogP contribution in [0.1, 0.15) is 13.8 Å². The molecule has 0 aliphatic carbocycles. The molecular formula is C12H14F3NO6S. The van der Waals surface area contributed by atoms with Crippen LogP contribution in [0.4, 0.5) is 13.2 Å². The lowest BCUT2D eigenvalue weighted by Crippen LogP contribution is -2.56. The number of carbonyl (C=O) groups is 2. The van der Waals surface area contributed by atoms with E-state index in [-0.39, 0.29) is 4.31 Å². The summed E-state index contributed by atoms with van der Waals surface area (Å²) in [6.07, 6.45) is 0.361. The summed E-state index contributed by atoms with van der Waals surface area (Å²) in [6, 6.07) is -1.94. The molecule has 0 amide bonds. The average Bonchev–Trinajstić information content (AvgIpc) is 2.66. The van der Waals surface area contributed by atoms with Crippen molar-refractivity contribution in [2.24, 2.45) is 11.3 Å². The van der Waals surface area contributed by atoms with E-state index in [1.54, 1.807) is 0 Å². The number of esters is 2. The van der Waals surface area contributed by atoms with Crippen LogP contribution in [0.5, 0.6) is 0 Å². The summed E-state index contributed by atoms with van der Waals surface area (Å²) in [6.45, 7) is 2.99. The molecule has 2 heterocycles. The van der Waals surface area contributed by atoms with Crippen molar-refractivity contribution in [3.63, 3.8) is 0 Å². The number of sulfonamides is 1. The van der Waals surface area contributed by atoms with Gasteiger partial charge in [0.05, 0.1) is 12.5 Å². The molecule has 130 valence electrons.